The molecule has 4 radical (unpaired) electrons. The second-order valence-corrected chi connectivity index (χ2v) is 0. The fraction of sp³-hybridized carbons (Fsp3) is 0. The largest absolute Gasteiger partial charge is 0.153 e. The Balaban J connectivity index is 0. The third-order valence-electron chi connectivity index (χ3n) is 0. The van der Waals surface area contributed by atoms with E-state index in [0.29, 0.717) is 0 Å². The van der Waals surface area contributed by atoms with Gasteiger partial charge in [0, 0.05) is 50.0 Å². The van der Waals surface area contributed by atoms with Crippen molar-refractivity contribution < 1.29 is 39.1 Å². The molecule has 0 saturated heterocycles. The van der Waals surface area contributed by atoms with Crippen LogP contribution in [0.25, 0.3) is 0 Å². The fourth-order valence-electron chi connectivity index (χ4n) is 0. The van der Waals surface area contributed by atoms with Crippen LogP contribution in [0.4, 0.5) is 0 Å². The van der Waals surface area contributed by atoms with Gasteiger partial charge < -0.3 is 0 Å². The van der Waals surface area contributed by atoms with Crippen LogP contribution < -0.4 is 0 Å². The Morgan fingerprint density at radius 3 is 1.00 bits per heavy atom. The first-order valence-electron chi connectivity index (χ1n) is 0. The van der Waals surface area contributed by atoms with Crippen molar-refractivity contribution in [2.24, 2.45) is 0 Å². The molecule has 0 rings (SSSR count). The fourth-order valence-corrected chi connectivity index (χ4v) is 0. The molecule has 0 aromatic heterocycles. The van der Waals surface area contributed by atoms with E-state index in [9.17, 15) is 0 Å². The predicted molar refractivity (Wildman–Crippen MR) is 16.9 cm³/mol. The van der Waals surface area contributed by atoms with Gasteiger partial charge in [-0.05, 0) is 0 Å². The number of hydrogen-bond acceptors (Lipinski definition) is 0. The number of hydrogen-bond donors (Lipinski definition) is 0. The molecule has 0 aliphatic heterocycles. The van der Waals surface area contributed by atoms with Gasteiger partial charge in [-0.3, -0.25) is 0 Å². The Hall–Kier alpha value is 1.89. The maximum absolute atomic E-state index is 0. The third-order valence-corrected chi connectivity index (χ3v) is 0. The van der Waals surface area contributed by atoms with Crippen molar-refractivity contribution in [3.05, 3.63) is 0 Å². The monoisotopic (exact) mass is 162 g/mol. The minimum Gasteiger partial charge on any atom is -0.153 e. The summed E-state index contributed by atoms with van der Waals surface area (Å²) in [6, 6.07) is 0. The van der Waals surface area contributed by atoms with Crippen molar-refractivity contribution in [3.63, 3.8) is 0 Å². The minimum absolute atomic E-state index is 0. The summed E-state index contributed by atoms with van der Waals surface area (Å²) < 4.78 is 0. The Labute approximate surface area is 59.8 Å². The third kappa shape index (κ3) is 9.09. The summed E-state index contributed by atoms with van der Waals surface area (Å²) in [4.78, 5) is 0. The summed E-state index contributed by atoms with van der Waals surface area (Å²) in [5.41, 5.74) is 0. The van der Waals surface area contributed by atoms with Crippen LogP contribution in [0.15, 0.2) is 0 Å². The van der Waals surface area contributed by atoms with E-state index >= 15 is 0 Å². The minimum atomic E-state index is 0. The SMILES string of the molecule is P.[Cr].[Si].[Ti]. The summed E-state index contributed by atoms with van der Waals surface area (Å²) in [6.07, 6.45) is 0. The van der Waals surface area contributed by atoms with E-state index in [1.54, 1.807) is 0 Å². The molecule has 1 atom stereocenters. The first-order valence-corrected chi connectivity index (χ1v) is 0. The second kappa shape index (κ2) is 20.7. The maximum Gasteiger partial charge on any atom is 0 e. The zero-order valence-electron chi connectivity index (χ0n) is 2.12. The second-order valence-electron chi connectivity index (χ2n) is 0. The molecule has 1 unspecified atom stereocenters. The molecule has 0 aromatic rings. The molecule has 0 fully saturated rings. The van der Waals surface area contributed by atoms with Gasteiger partial charge in [0.15, 0.2) is 0 Å². The van der Waals surface area contributed by atoms with Crippen molar-refractivity contribution in [3.8, 4) is 0 Å². The molecule has 4 heteroatoms. The summed E-state index contributed by atoms with van der Waals surface area (Å²) in [7, 11) is 0. The van der Waals surface area contributed by atoms with Crippen LogP contribution >= 0.6 is 9.90 Å². The van der Waals surface area contributed by atoms with E-state index in [1.807, 2.05) is 0 Å². The Morgan fingerprint density at radius 2 is 1.00 bits per heavy atom. The molecular weight excluding hydrogens is 159 g/mol. The molecule has 4 heavy (non-hydrogen) atoms. The molecule has 0 aromatic carbocycles. The van der Waals surface area contributed by atoms with Gasteiger partial charge in [-0.15, -0.1) is 0 Å². The van der Waals surface area contributed by atoms with Crippen LogP contribution in [0.5, 0.6) is 0 Å². The van der Waals surface area contributed by atoms with Crippen molar-refractivity contribution in [1.29, 1.82) is 0 Å². The molecule has 0 heterocycles. The van der Waals surface area contributed by atoms with Crippen molar-refractivity contribution in [1.82, 2.24) is 0 Å². The van der Waals surface area contributed by atoms with Crippen molar-refractivity contribution >= 4 is 20.9 Å². The van der Waals surface area contributed by atoms with Crippen molar-refractivity contribution in [2.75, 3.05) is 0 Å². The first kappa shape index (κ1) is 39.4. The summed E-state index contributed by atoms with van der Waals surface area (Å²) in [5.74, 6) is 0. The number of rotatable bonds is 0. The van der Waals surface area contributed by atoms with Crippen LogP contribution in [0.3, 0.4) is 0 Å². The summed E-state index contributed by atoms with van der Waals surface area (Å²) in [5, 5.41) is 0. The molecule has 22 valence electrons. The molecule has 0 amide bonds. The zero-order valence-corrected chi connectivity index (χ0v) is 7.37. The Morgan fingerprint density at radius 1 is 1.00 bits per heavy atom. The molecular formula is H3CrPSiTi. The topological polar surface area (TPSA) is 0 Å². The normalized spacial score (nSPS) is 0. The van der Waals surface area contributed by atoms with Gasteiger partial charge >= 0.3 is 0 Å². The van der Waals surface area contributed by atoms with E-state index in [1.165, 1.54) is 0 Å². The van der Waals surface area contributed by atoms with Gasteiger partial charge in [0.25, 0.3) is 0 Å². The van der Waals surface area contributed by atoms with Gasteiger partial charge in [0.1, 0.15) is 0 Å². The molecule has 0 nitrogen and oxygen atoms in total. The maximum atomic E-state index is 0. The van der Waals surface area contributed by atoms with Crippen LogP contribution in [0, 0.1) is 0 Å². The Kier molecular flexibility index (Phi) is 204. The van der Waals surface area contributed by atoms with Crippen LogP contribution in [-0.4, -0.2) is 11.0 Å². The van der Waals surface area contributed by atoms with E-state index in [2.05, 4.69) is 0 Å². The molecule has 0 aliphatic carbocycles. The van der Waals surface area contributed by atoms with Gasteiger partial charge in [-0.1, -0.05) is 0 Å². The molecule has 0 N–H and O–H groups in total. The quantitative estimate of drug-likeness (QED) is 0.338. The van der Waals surface area contributed by atoms with Crippen LogP contribution in [-0.2, 0) is 39.1 Å². The van der Waals surface area contributed by atoms with E-state index in [0.717, 1.165) is 0 Å². The molecule has 0 aliphatic rings. The molecule has 0 bridgehead atoms. The standard InChI is InChI=1S/Cr.H3P.Si.Ti/h;1H3;;. The molecule has 0 spiro atoms. The van der Waals surface area contributed by atoms with E-state index in [4.69, 9.17) is 0 Å². The zero-order chi connectivity index (χ0) is 0. The molecule has 0 saturated carbocycles. The Bertz CT molecular complexity index is 8.00. The van der Waals surface area contributed by atoms with Crippen molar-refractivity contribution in [2.45, 2.75) is 0 Å². The average Bonchev–Trinajstić information content (AvgIpc) is 0. The first-order chi connectivity index (χ1) is 0. The van der Waals surface area contributed by atoms with Gasteiger partial charge in [-0.25, -0.2) is 0 Å². The summed E-state index contributed by atoms with van der Waals surface area (Å²) >= 11 is 0. The van der Waals surface area contributed by atoms with E-state index < -0.39 is 0 Å². The van der Waals surface area contributed by atoms with Crippen LogP contribution in [0.2, 0.25) is 0 Å². The summed E-state index contributed by atoms with van der Waals surface area (Å²) in [6.45, 7) is 0. The van der Waals surface area contributed by atoms with Crippen LogP contribution in [0.1, 0.15) is 0 Å². The van der Waals surface area contributed by atoms with Gasteiger partial charge in [0.2, 0.25) is 0 Å². The van der Waals surface area contributed by atoms with Gasteiger partial charge in [-0.2, -0.15) is 9.90 Å². The average molecular weight is 162 g/mol. The van der Waals surface area contributed by atoms with E-state index in [-0.39, 0.29) is 59.9 Å². The smallest absolute Gasteiger partial charge is 0 e. The van der Waals surface area contributed by atoms with Gasteiger partial charge in [0.05, 0.1) is 0 Å². The predicted octanol–water partition coefficient (Wildman–Crippen LogP) is -0.328.